The fourth-order valence-corrected chi connectivity index (χ4v) is 2.96. The van der Waals surface area contributed by atoms with E-state index in [-0.39, 0.29) is 0 Å². The Morgan fingerprint density at radius 1 is 1.33 bits per heavy atom. The number of allylic oxidation sites excluding steroid dienone is 1. The third-order valence-electron chi connectivity index (χ3n) is 3.94. The summed E-state index contributed by atoms with van der Waals surface area (Å²) in [7, 11) is 0. The molecule has 2 aliphatic carbocycles. The van der Waals surface area contributed by atoms with Crippen molar-refractivity contribution in [3.8, 4) is 0 Å². The van der Waals surface area contributed by atoms with Gasteiger partial charge in [0.25, 0.3) is 0 Å². The lowest BCUT2D eigenvalue weighted by molar-refractivity contribution is 0.0504. The van der Waals surface area contributed by atoms with E-state index in [9.17, 15) is 10.2 Å². The van der Waals surface area contributed by atoms with Crippen molar-refractivity contribution < 1.29 is 10.2 Å². The average Bonchev–Trinajstić information content (AvgIpc) is 2.73. The van der Waals surface area contributed by atoms with Crippen LogP contribution in [0.25, 0.3) is 6.08 Å². The Morgan fingerprint density at radius 3 is 2.89 bits per heavy atom. The molecule has 0 saturated heterocycles. The number of hydrogen-bond donors (Lipinski definition) is 2. The minimum absolute atomic E-state index is 0.417. The summed E-state index contributed by atoms with van der Waals surface area (Å²) in [6.07, 6.45) is 7.37. The highest BCUT2D eigenvalue weighted by Crippen LogP contribution is 2.38. The minimum Gasteiger partial charge on any atom is -0.389 e. The van der Waals surface area contributed by atoms with E-state index < -0.39 is 11.7 Å². The van der Waals surface area contributed by atoms with E-state index >= 15 is 0 Å². The van der Waals surface area contributed by atoms with E-state index in [1.165, 1.54) is 16.7 Å². The molecule has 94 valence electrons. The van der Waals surface area contributed by atoms with Crippen molar-refractivity contribution in [2.24, 2.45) is 0 Å². The molecule has 0 bridgehead atoms. The van der Waals surface area contributed by atoms with Crippen LogP contribution in [-0.4, -0.2) is 16.3 Å². The SMILES string of the molecule is CC1=Cc2c(cccc2C2(O)C=CC(O)CC2)C1. The van der Waals surface area contributed by atoms with Gasteiger partial charge in [0.2, 0.25) is 0 Å². The van der Waals surface area contributed by atoms with Crippen molar-refractivity contribution in [2.75, 3.05) is 0 Å². The van der Waals surface area contributed by atoms with Gasteiger partial charge in [-0.3, -0.25) is 0 Å². The van der Waals surface area contributed by atoms with E-state index in [0.717, 1.165) is 12.0 Å². The molecule has 2 aliphatic rings. The van der Waals surface area contributed by atoms with Gasteiger partial charge >= 0.3 is 0 Å². The van der Waals surface area contributed by atoms with Crippen LogP contribution in [0.1, 0.15) is 36.5 Å². The van der Waals surface area contributed by atoms with E-state index in [2.05, 4.69) is 19.1 Å². The summed E-state index contributed by atoms with van der Waals surface area (Å²) in [5.74, 6) is 0. The zero-order valence-electron chi connectivity index (χ0n) is 10.6. The van der Waals surface area contributed by atoms with Crippen molar-refractivity contribution in [3.63, 3.8) is 0 Å². The second-order valence-electron chi connectivity index (χ2n) is 5.44. The largest absolute Gasteiger partial charge is 0.389 e. The highest BCUT2D eigenvalue weighted by atomic mass is 16.3. The third kappa shape index (κ3) is 1.82. The van der Waals surface area contributed by atoms with Gasteiger partial charge in [0.1, 0.15) is 5.60 Å². The molecule has 0 fully saturated rings. The lowest BCUT2D eigenvalue weighted by Crippen LogP contribution is -2.29. The summed E-state index contributed by atoms with van der Waals surface area (Å²) in [4.78, 5) is 0. The lowest BCUT2D eigenvalue weighted by Gasteiger charge is -2.31. The van der Waals surface area contributed by atoms with Gasteiger partial charge in [-0.05, 0) is 42.9 Å². The zero-order valence-corrected chi connectivity index (χ0v) is 10.6. The minimum atomic E-state index is -0.925. The Kier molecular flexibility index (Phi) is 2.65. The molecule has 0 aromatic heterocycles. The van der Waals surface area contributed by atoms with Crippen molar-refractivity contribution in [1.29, 1.82) is 0 Å². The number of fused-ring (bicyclic) bond motifs is 1. The molecule has 2 atom stereocenters. The molecule has 2 heteroatoms. The number of benzene rings is 1. The monoisotopic (exact) mass is 242 g/mol. The maximum absolute atomic E-state index is 10.8. The van der Waals surface area contributed by atoms with Gasteiger partial charge in [0.05, 0.1) is 6.10 Å². The fraction of sp³-hybridized carbons (Fsp3) is 0.375. The van der Waals surface area contributed by atoms with Gasteiger partial charge in [0.15, 0.2) is 0 Å². The molecule has 0 amide bonds. The van der Waals surface area contributed by atoms with E-state index in [0.29, 0.717) is 12.8 Å². The van der Waals surface area contributed by atoms with Crippen LogP contribution in [0.5, 0.6) is 0 Å². The predicted molar refractivity (Wildman–Crippen MR) is 72.1 cm³/mol. The van der Waals surface area contributed by atoms with Crippen LogP contribution in [-0.2, 0) is 12.0 Å². The predicted octanol–water partition coefficient (Wildman–Crippen LogP) is 2.54. The van der Waals surface area contributed by atoms with Crippen molar-refractivity contribution in [3.05, 3.63) is 52.6 Å². The van der Waals surface area contributed by atoms with Crippen molar-refractivity contribution in [2.45, 2.75) is 37.9 Å². The Hall–Kier alpha value is -1.38. The van der Waals surface area contributed by atoms with Gasteiger partial charge in [-0.2, -0.15) is 0 Å². The van der Waals surface area contributed by atoms with Crippen LogP contribution in [0.3, 0.4) is 0 Å². The molecule has 0 saturated carbocycles. The van der Waals surface area contributed by atoms with Gasteiger partial charge in [-0.15, -0.1) is 0 Å². The summed E-state index contributed by atoms with van der Waals surface area (Å²) in [5.41, 5.74) is 3.84. The molecule has 3 rings (SSSR count). The number of aliphatic hydroxyl groups is 2. The highest BCUT2D eigenvalue weighted by molar-refractivity contribution is 5.67. The number of hydrogen-bond acceptors (Lipinski definition) is 2. The van der Waals surface area contributed by atoms with Crippen LogP contribution in [0.2, 0.25) is 0 Å². The normalized spacial score (nSPS) is 30.2. The summed E-state index contributed by atoms with van der Waals surface area (Å²) >= 11 is 0. The van der Waals surface area contributed by atoms with Crippen LogP contribution < -0.4 is 0 Å². The fourth-order valence-electron chi connectivity index (χ4n) is 2.96. The topological polar surface area (TPSA) is 40.5 Å². The lowest BCUT2D eigenvalue weighted by atomic mass is 9.81. The second kappa shape index (κ2) is 4.08. The zero-order chi connectivity index (χ0) is 12.8. The van der Waals surface area contributed by atoms with Crippen molar-refractivity contribution >= 4 is 6.08 Å². The van der Waals surface area contributed by atoms with Gasteiger partial charge in [-0.1, -0.05) is 42.0 Å². The maximum atomic E-state index is 10.8. The van der Waals surface area contributed by atoms with Crippen LogP contribution >= 0.6 is 0 Å². The number of rotatable bonds is 1. The Bertz CT molecular complexity index is 542. The van der Waals surface area contributed by atoms with Gasteiger partial charge in [0, 0.05) is 0 Å². The molecule has 1 aromatic carbocycles. The van der Waals surface area contributed by atoms with Gasteiger partial charge < -0.3 is 10.2 Å². The highest BCUT2D eigenvalue weighted by Gasteiger charge is 2.33. The summed E-state index contributed by atoms with van der Waals surface area (Å²) in [6.45, 7) is 2.12. The molecule has 0 spiro atoms. The first-order chi connectivity index (χ1) is 8.58. The molecule has 2 N–H and O–H groups in total. The Balaban J connectivity index is 2.08. The van der Waals surface area contributed by atoms with Crippen LogP contribution in [0, 0.1) is 0 Å². The van der Waals surface area contributed by atoms with E-state index in [4.69, 9.17) is 0 Å². The molecule has 2 unspecified atom stereocenters. The molecule has 1 aromatic rings. The molecule has 18 heavy (non-hydrogen) atoms. The van der Waals surface area contributed by atoms with E-state index in [1.807, 2.05) is 12.1 Å². The third-order valence-corrected chi connectivity index (χ3v) is 3.94. The first kappa shape index (κ1) is 11.7. The summed E-state index contributed by atoms with van der Waals surface area (Å²) in [6, 6.07) is 6.13. The second-order valence-corrected chi connectivity index (χ2v) is 5.44. The molecular weight excluding hydrogens is 224 g/mol. The summed E-state index contributed by atoms with van der Waals surface area (Å²) in [5, 5.41) is 20.3. The standard InChI is InChI=1S/C16H18O2/c1-11-9-12-3-2-4-15(14(12)10-11)16(18)7-5-13(17)6-8-16/h2-5,7,10,13,17-18H,6,8-9H2,1H3. The van der Waals surface area contributed by atoms with E-state index in [1.54, 1.807) is 12.2 Å². The molecular formula is C16H18O2. The first-order valence-electron chi connectivity index (χ1n) is 6.48. The summed E-state index contributed by atoms with van der Waals surface area (Å²) < 4.78 is 0. The quantitative estimate of drug-likeness (QED) is 0.743. The smallest absolute Gasteiger partial charge is 0.108 e. The van der Waals surface area contributed by atoms with Crippen molar-refractivity contribution in [1.82, 2.24) is 0 Å². The van der Waals surface area contributed by atoms with Crippen LogP contribution in [0.4, 0.5) is 0 Å². The Labute approximate surface area is 107 Å². The first-order valence-corrected chi connectivity index (χ1v) is 6.48. The molecule has 0 aliphatic heterocycles. The molecule has 0 radical (unpaired) electrons. The van der Waals surface area contributed by atoms with Crippen LogP contribution in [0.15, 0.2) is 35.9 Å². The average molecular weight is 242 g/mol. The molecule has 2 nitrogen and oxygen atoms in total. The Morgan fingerprint density at radius 2 is 2.17 bits per heavy atom. The maximum Gasteiger partial charge on any atom is 0.108 e. The van der Waals surface area contributed by atoms with Gasteiger partial charge in [-0.25, -0.2) is 0 Å². The number of aliphatic hydroxyl groups excluding tert-OH is 1. The molecule has 0 heterocycles.